The summed E-state index contributed by atoms with van der Waals surface area (Å²) in [6, 6.07) is 9.78. The van der Waals surface area contributed by atoms with Crippen molar-refractivity contribution in [1.82, 2.24) is 10.3 Å². The number of nitrogens with zero attached hydrogens (tertiary/aromatic N) is 1. The zero-order valence-electron chi connectivity index (χ0n) is 14.7. The molecule has 25 heavy (non-hydrogen) atoms. The van der Waals surface area contributed by atoms with E-state index in [1.807, 2.05) is 44.2 Å². The summed E-state index contributed by atoms with van der Waals surface area (Å²) in [4.78, 5) is 16.2. The van der Waals surface area contributed by atoms with Gasteiger partial charge in [-0.25, -0.2) is 4.98 Å². The maximum Gasteiger partial charge on any atom is 0.220 e. The third kappa shape index (κ3) is 7.06. The molecule has 140 valence electrons. The van der Waals surface area contributed by atoms with Gasteiger partial charge < -0.3 is 15.5 Å². The van der Waals surface area contributed by atoms with Crippen molar-refractivity contribution < 1.29 is 9.21 Å². The lowest BCUT2D eigenvalue weighted by molar-refractivity contribution is -0.121. The Morgan fingerprint density at radius 1 is 1.20 bits per heavy atom. The van der Waals surface area contributed by atoms with Crippen LogP contribution in [0.5, 0.6) is 0 Å². The van der Waals surface area contributed by atoms with Crippen LogP contribution in [0.1, 0.15) is 39.0 Å². The molecule has 2 rings (SSSR count). The van der Waals surface area contributed by atoms with Crippen LogP contribution in [0, 0.1) is 0 Å². The Balaban J connectivity index is 0.00000288. The van der Waals surface area contributed by atoms with Crippen LogP contribution in [-0.2, 0) is 11.2 Å². The molecule has 5 nitrogen and oxygen atoms in total. The van der Waals surface area contributed by atoms with E-state index in [2.05, 4.69) is 10.3 Å². The summed E-state index contributed by atoms with van der Waals surface area (Å²) in [5, 5.41) is 2.90. The molecule has 0 aliphatic carbocycles. The minimum atomic E-state index is -0.320. The van der Waals surface area contributed by atoms with E-state index < -0.39 is 0 Å². The van der Waals surface area contributed by atoms with Crippen molar-refractivity contribution in [2.45, 2.75) is 45.1 Å². The number of oxazole rings is 1. The molecule has 1 heterocycles. The number of aryl methyl sites for hydroxylation is 1. The average Bonchev–Trinajstić information content (AvgIpc) is 3.07. The number of carbonyl (C=O) groups excluding carboxylic acids is 1. The summed E-state index contributed by atoms with van der Waals surface area (Å²) < 4.78 is 5.69. The van der Waals surface area contributed by atoms with Crippen LogP contribution in [0.25, 0.3) is 11.3 Å². The van der Waals surface area contributed by atoms with E-state index in [-0.39, 0.29) is 36.3 Å². The standard InChI is InChI=1S/C18H25N3O2.2ClH/c1-3-18(19,4-2)13-21-16(22)10-11-17-20-12-15(23-17)14-8-6-5-7-9-14;;/h5-9,12H,3-4,10-11,13,19H2,1-2H3,(H,21,22);2*1H. The van der Waals surface area contributed by atoms with Crippen molar-refractivity contribution >= 4 is 30.7 Å². The van der Waals surface area contributed by atoms with Gasteiger partial charge in [-0.15, -0.1) is 24.8 Å². The van der Waals surface area contributed by atoms with E-state index in [1.165, 1.54) is 0 Å². The number of nitrogens with two attached hydrogens (primary N) is 1. The Labute approximate surface area is 161 Å². The van der Waals surface area contributed by atoms with Crippen LogP contribution in [0.3, 0.4) is 0 Å². The molecule has 0 bridgehead atoms. The van der Waals surface area contributed by atoms with Gasteiger partial charge in [0.25, 0.3) is 0 Å². The summed E-state index contributed by atoms with van der Waals surface area (Å²) in [6.07, 6.45) is 4.20. The minimum Gasteiger partial charge on any atom is -0.441 e. The van der Waals surface area contributed by atoms with Gasteiger partial charge in [0, 0.05) is 30.5 Å². The number of aromatic nitrogens is 1. The highest BCUT2D eigenvalue weighted by atomic mass is 35.5. The molecule has 0 fully saturated rings. The highest BCUT2D eigenvalue weighted by Gasteiger charge is 2.20. The average molecular weight is 388 g/mol. The third-order valence-corrected chi connectivity index (χ3v) is 4.22. The molecule has 7 heteroatoms. The molecule has 1 aromatic heterocycles. The zero-order valence-corrected chi connectivity index (χ0v) is 16.3. The molecular formula is C18H27Cl2N3O2. The number of benzene rings is 1. The minimum absolute atomic E-state index is 0. The molecule has 1 aromatic carbocycles. The lowest BCUT2D eigenvalue weighted by Crippen LogP contribution is -2.49. The first kappa shape index (κ1) is 23.4. The Morgan fingerprint density at radius 3 is 2.44 bits per heavy atom. The number of rotatable bonds is 8. The highest BCUT2D eigenvalue weighted by molar-refractivity contribution is 5.85. The van der Waals surface area contributed by atoms with Crippen molar-refractivity contribution in [1.29, 1.82) is 0 Å². The number of hydrogen-bond acceptors (Lipinski definition) is 4. The summed E-state index contributed by atoms with van der Waals surface area (Å²) >= 11 is 0. The van der Waals surface area contributed by atoms with Crippen molar-refractivity contribution in [3.63, 3.8) is 0 Å². The van der Waals surface area contributed by atoms with Crippen LogP contribution in [0.15, 0.2) is 40.9 Å². The Morgan fingerprint density at radius 2 is 1.84 bits per heavy atom. The topological polar surface area (TPSA) is 81.1 Å². The third-order valence-electron chi connectivity index (χ3n) is 4.22. The van der Waals surface area contributed by atoms with Gasteiger partial charge in [0.1, 0.15) is 0 Å². The predicted octanol–water partition coefficient (Wildman–Crippen LogP) is 3.75. The molecule has 2 aromatic rings. The second-order valence-corrected chi connectivity index (χ2v) is 5.83. The van der Waals surface area contributed by atoms with Crippen LogP contribution in [0.4, 0.5) is 0 Å². The molecule has 0 aliphatic rings. The molecule has 3 N–H and O–H groups in total. The first-order valence-corrected chi connectivity index (χ1v) is 8.12. The molecule has 0 radical (unpaired) electrons. The maximum atomic E-state index is 11.9. The van der Waals surface area contributed by atoms with Gasteiger partial charge in [-0.2, -0.15) is 0 Å². The van der Waals surface area contributed by atoms with Crippen molar-refractivity contribution in [3.8, 4) is 11.3 Å². The Hall–Kier alpha value is -1.56. The maximum absolute atomic E-state index is 11.9. The predicted molar refractivity (Wildman–Crippen MR) is 105 cm³/mol. The highest BCUT2D eigenvalue weighted by Crippen LogP contribution is 2.20. The summed E-state index contributed by atoms with van der Waals surface area (Å²) in [5.74, 6) is 1.27. The van der Waals surface area contributed by atoms with E-state index >= 15 is 0 Å². The molecular weight excluding hydrogens is 361 g/mol. The Kier molecular flexibility index (Phi) is 10.4. The second-order valence-electron chi connectivity index (χ2n) is 5.83. The fourth-order valence-electron chi connectivity index (χ4n) is 2.25. The number of amides is 1. The fraction of sp³-hybridized carbons (Fsp3) is 0.444. The van der Waals surface area contributed by atoms with Gasteiger partial charge in [-0.3, -0.25) is 4.79 Å². The molecule has 0 atom stereocenters. The van der Waals surface area contributed by atoms with Crippen molar-refractivity contribution in [2.24, 2.45) is 5.73 Å². The van der Waals surface area contributed by atoms with Crippen LogP contribution < -0.4 is 11.1 Å². The normalized spacial score (nSPS) is 10.5. The SMILES string of the molecule is CCC(N)(CC)CNC(=O)CCc1ncc(-c2ccccc2)o1.Cl.Cl. The first-order chi connectivity index (χ1) is 11.1. The Bertz CT molecular complexity index is 628. The van der Waals surface area contributed by atoms with E-state index in [0.29, 0.717) is 25.3 Å². The van der Waals surface area contributed by atoms with E-state index in [9.17, 15) is 4.79 Å². The van der Waals surface area contributed by atoms with E-state index in [0.717, 1.165) is 24.2 Å². The molecule has 0 saturated heterocycles. The molecule has 0 saturated carbocycles. The van der Waals surface area contributed by atoms with Crippen molar-refractivity contribution in [2.75, 3.05) is 6.54 Å². The smallest absolute Gasteiger partial charge is 0.220 e. The van der Waals surface area contributed by atoms with Crippen LogP contribution in [0.2, 0.25) is 0 Å². The second kappa shape index (κ2) is 11.1. The molecule has 0 aliphatic heterocycles. The summed E-state index contributed by atoms with van der Waals surface area (Å²) in [5.41, 5.74) is 6.83. The van der Waals surface area contributed by atoms with Crippen LogP contribution in [-0.4, -0.2) is 23.0 Å². The fourth-order valence-corrected chi connectivity index (χ4v) is 2.25. The summed E-state index contributed by atoms with van der Waals surface area (Å²) in [6.45, 7) is 4.57. The van der Waals surface area contributed by atoms with Gasteiger partial charge in [0.15, 0.2) is 11.7 Å². The van der Waals surface area contributed by atoms with Crippen molar-refractivity contribution in [3.05, 3.63) is 42.4 Å². The van der Waals surface area contributed by atoms with Gasteiger partial charge >= 0.3 is 0 Å². The molecule has 1 amide bonds. The monoisotopic (exact) mass is 387 g/mol. The van der Waals surface area contributed by atoms with E-state index in [4.69, 9.17) is 10.2 Å². The lowest BCUT2D eigenvalue weighted by atomic mass is 9.94. The number of halogens is 2. The van der Waals surface area contributed by atoms with Gasteiger partial charge in [-0.1, -0.05) is 44.2 Å². The van der Waals surface area contributed by atoms with Gasteiger partial charge in [0.2, 0.25) is 5.91 Å². The molecule has 0 unspecified atom stereocenters. The lowest BCUT2D eigenvalue weighted by Gasteiger charge is -2.26. The zero-order chi connectivity index (χ0) is 16.7. The number of nitrogens with one attached hydrogen (secondary N) is 1. The van der Waals surface area contributed by atoms with Crippen LogP contribution >= 0.6 is 24.8 Å². The first-order valence-electron chi connectivity index (χ1n) is 8.12. The van der Waals surface area contributed by atoms with E-state index in [1.54, 1.807) is 6.20 Å². The number of carbonyl (C=O) groups is 1. The number of hydrogen-bond donors (Lipinski definition) is 2. The quantitative estimate of drug-likeness (QED) is 0.722. The summed E-state index contributed by atoms with van der Waals surface area (Å²) in [7, 11) is 0. The molecule has 0 spiro atoms. The van der Waals surface area contributed by atoms with Gasteiger partial charge in [0.05, 0.1) is 6.20 Å². The van der Waals surface area contributed by atoms with Gasteiger partial charge in [-0.05, 0) is 12.8 Å². The largest absolute Gasteiger partial charge is 0.441 e.